The van der Waals surface area contributed by atoms with Crippen molar-refractivity contribution in [1.29, 1.82) is 0 Å². The van der Waals surface area contributed by atoms with Crippen molar-refractivity contribution < 1.29 is 22.7 Å². The zero-order valence-electron chi connectivity index (χ0n) is 23.8. The monoisotopic (exact) mass is 575 g/mol. The summed E-state index contributed by atoms with van der Waals surface area (Å²) in [5.41, 5.74) is 3.39. The number of nitrogens with zero attached hydrogens (tertiary/aromatic N) is 2. The SMILES string of the molecule is CC(C)(C)c1ccc(C(=O)NS(=O)(=O)N2CC3(CCN(C(=O)OCCc4ccccc4)CC3)c3ccccc32)cc1. The third kappa shape index (κ3) is 6.10. The van der Waals surface area contributed by atoms with Gasteiger partial charge in [-0.2, -0.15) is 8.42 Å². The molecule has 9 heteroatoms. The number of carbonyl (C=O) groups is 2. The molecule has 0 atom stereocenters. The highest BCUT2D eigenvalue weighted by Gasteiger charge is 2.48. The van der Waals surface area contributed by atoms with Crippen LogP contribution in [-0.2, 0) is 32.2 Å². The topological polar surface area (TPSA) is 96.0 Å². The summed E-state index contributed by atoms with van der Waals surface area (Å²) >= 11 is 0. The van der Waals surface area contributed by atoms with Gasteiger partial charge in [0.25, 0.3) is 5.91 Å². The standard InChI is InChI=1S/C32H37N3O5S/c1-31(2,3)26-15-13-25(14-16-26)29(36)33-41(38,39)35-23-32(27-11-7-8-12-28(27)35)18-20-34(21-19-32)30(37)40-22-17-24-9-5-4-6-10-24/h4-16H,17-23H2,1-3H3,(H,33,36). The predicted octanol–water partition coefficient (Wildman–Crippen LogP) is 5.19. The maximum absolute atomic E-state index is 13.5. The lowest BCUT2D eigenvalue weighted by Crippen LogP contribution is -2.50. The molecule has 2 heterocycles. The van der Waals surface area contributed by atoms with Crippen LogP contribution < -0.4 is 9.03 Å². The van der Waals surface area contributed by atoms with Gasteiger partial charge in [0.15, 0.2) is 0 Å². The van der Waals surface area contributed by atoms with E-state index in [1.54, 1.807) is 29.2 Å². The van der Waals surface area contributed by atoms with E-state index in [-0.39, 0.29) is 23.6 Å². The van der Waals surface area contributed by atoms with Crippen molar-refractivity contribution in [3.05, 3.63) is 101 Å². The van der Waals surface area contributed by atoms with Gasteiger partial charge in [-0.1, -0.05) is 81.4 Å². The summed E-state index contributed by atoms with van der Waals surface area (Å²) in [6.07, 6.45) is 1.48. The molecule has 0 bridgehead atoms. The number of benzene rings is 3. The smallest absolute Gasteiger partial charge is 0.409 e. The fourth-order valence-electron chi connectivity index (χ4n) is 5.69. The van der Waals surface area contributed by atoms with E-state index in [1.165, 1.54) is 4.31 Å². The lowest BCUT2D eigenvalue weighted by molar-refractivity contribution is 0.0850. The number of nitrogens with one attached hydrogen (secondary N) is 1. The van der Waals surface area contributed by atoms with Gasteiger partial charge in [0.2, 0.25) is 0 Å². The number of amides is 2. The maximum atomic E-state index is 13.5. The summed E-state index contributed by atoms with van der Waals surface area (Å²) in [4.78, 5) is 27.4. The van der Waals surface area contributed by atoms with Gasteiger partial charge in [0, 0.05) is 37.0 Å². The average molecular weight is 576 g/mol. The van der Waals surface area contributed by atoms with Crippen molar-refractivity contribution in [2.75, 3.05) is 30.5 Å². The molecular weight excluding hydrogens is 538 g/mol. The average Bonchev–Trinajstić information content (AvgIpc) is 3.28. The maximum Gasteiger partial charge on any atom is 0.409 e. The first-order valence-corrected chi connectivity index (χ1v) is 15.4. The zero-order chi connectivity index (χ0) is 29.3. The van der Waals surface area contributed by atoms with Crippen LogP contribution in [0.2, 0.25) is 0 Å². The minimum absolute atomic E-state index is 0.0802. The van der Waals surface area contributed by atoms with Gasteiger partial charge in [-0.15, -0.1) is 0 Å². The minimum atomic E-state index is -4.17. The van der Waals surface area contributed by atoms with Crippen molar-refractivity contribution in [1.82, 2.24) is 9.62 Å². The van der Waals surface area contributed by atoms with Crippen LogP contribution in [0.3, 0.4) is 0 Å². The summed E-state index contributed by atoms with van der Waals surface area (Å²) in [6, 6.07) is 24.3. The number of likely N-dealkylation sites (tertiary alicyclic amines) is 1. The van der Waals surface area contributed by atoms with E-state index in [9.17, 15) is 18.0 Å². The Labute approximate surface area is 242 Å². The van der Waals surface area contributed by atoms with Crippen molar-refractivity contribution in [2.24, 2.45) is 0 Å². The van der Waals surface area contributed by atoms with Crippen molar-refractivity contribution in [3.8, 4) is 0 Å². The Hall–Kier alpha value is -3.85. The normalized spacial score (nSPS) is 16.4. The second-order valence-corrected chi connectivity index (χ2v) is 13.5. The summed E-state index contributed by atoms with van der Waals surface area (Å²) in [5, 5.41) is 0. The van der Waals surface area contributed by atoms with Gasteiger partial charge in [0.05, 0.1) is 12.3 Å². The van der Waals surface area contributed by atoms with E-state index in [0.29, 0.717) is 44.6 Å². The van der Waals surface area contributed by atoms with Crippen LogP contribution in [0.1, 0.15) is 60.7 Å². The molecule has 0 unspecified atom stereocenters. The van der Waals surface area contributed by atoms with Crippen LogP contribution in [-0.4, -0.2) is 51.6 Å². The van der Waals surface area contributed by atoms with Crippen LogP contribution in [0.15, 0.2) is 78.9 Å². The number of fused-ring (bicyclic) bond motifs is 2. The summed E-state index contributed by atoms with van der Waals surface area (Å²) in [7, 11) is -4.17. The molecule has 0 saturated carbocycles. The highest BCUT2D eigenvalue weighted by Crippen LogP contribution is 2.47. The number of carbonyl (C=O) groups excluding carboxylic acids is 2. The minimum Gasteiger partial charge on any atom is -0.449 e. The zero-order valence-corrected chi connectivity index (χ0v) is 24.6. The number of hydrogen-bond acceptors (Lipinski definition) is 5. The van der Waals surface area contributed by atoms with Crippen molar-refractivity contribution in [2.45, 2.75) is 50.9 Å². The summed E-state index contributed by atoms with van der Waals surface area (Å²) < 4.78 is 36.2. The lowest BCUT2D eigenvalue weighted by atomic mass is 9.74. The van der Waals surface area contributed by atoms with Gasteiger partial charge in [0.1, 0.15) is 0 Å². The van der Waals surface area contributed by atoms with E-state index in [2.05, 4.69) is 25.5 Å². The number of piperidine rings is 1. The van der Waals surface area contributed by atoms with Crippen LogP contribution in [0.25, 0.3) is 0 Å². The Kier molecular flexibility index (Phi) is 7.83. The second kappa shape index (κ2) is 11.2. The number of anilines is 1. The molecule has 1 saturated heterocycles. The predicted molar refractivity (Wildman–Crippen MR) is 159 cm³/mol. The number of hydrogen-bond donors (Lipinski definition) is 1. The molecule has 0 aromatic heterocycles. The van der Waals surface area contributed by atoms with E-state index in [4.69, 9.17) is 4.74 Å². The highest BCUT2D eigenvalue weighted by molar-refractivity contribution is 7.91. The first kappa shape index (κ1) is 28.7. The molecule has 1 N–H and O–H groups in total. The van der Waals surface area contributed by atoms with Crippen LogP contribution >= 0.6 is 0 Å². The molecule has 3 aromatic rings. The molecule has 0 radical (unpaired) electrons. The number of rotatable bonds is 6. The fraction of sp³-hybridized carbons (Fsp3) is 0.375. The van der Waals surface area contributed by atoms with E-state index in [0.717, 1.165) is 16.7 Å². The summed E-state index contributed by atoms with van der Waals surface area (Å²) in [6.45, 7) is 7.65. The Bertz CT molecular complexity index is 1510. The molecule has 3 aromatic carbocycles. The molecule has 41 heavy (non-hydrogen) atoms. The van der Waals surface area contributed by atoms with Gasteiger partial charge >= 0.3 is 16.3 Å². The highest BCUT2D eigenvalue weighted by atomic mass is 32.2. The Morgan fingerprint density at radius 2 is 1.54 bits per heavy atom. The Balaban J connectivity index is 1.24. The molecule has 1 spiro atoms. The third-order valence-corrected chi connectivity index (χ3v) is 9.50. The molecule has 1 fully saturated rings. The third-order valence-electron chi connectivity index (χ3n) is 8.15. The molecule has 8 nitrogen and oxygen atoms in total. The first-order chi connectivity index (χ1) is 19.5. The first-order valence-electron chi connectivity index (χ1n) is 14.0. The molecule has 216 valence electrons. The number of ether oxygens (including phenoxy) is 1. The van der Waals surface area contributed by atoms with Crippen LogP contribution in [0.5, 0.6) is 0 Å². The van der Waals surface area contributed by atoms with Gasteiger partial charge < -0.3 is 9.64 Å². The van der Waals surface area contributed by atoms with Crippen LogP contribution in [0.4, 0.5) is 10.5 Å². The van der Waals surface area contributed by atoms with E-state index in [1.807, 2.05) is 54.6 Å². The number of para-hydroxylation sites is 1. The molecule has 2 aliphatic rings. The van der Waals surface area contributed by atoms with Gasteiger partial charge in [-0.05, 0) is 53.1 Å². The molecule has 0 aliphatic carbocycles. The van der Waals surface area contributed by atoms with E-state index < -0.39 is 21.5 Å². The quantitative estimate of drug-likeness (QED) is 0.436. The molecule has 2 amide bonds. The van der Waals surface area contributed by atoms with Crippen LogP contribution in [0, 0.1) is 0 Å². The molecule has 5 rings (SSSR count). The fourth-order valence-corrected chi connectivity index (χ4v) is 6.99. The van der Waals surface area contributed by atoms with Gasteiger partial charge in [-0.3, -0.25) is 9.10 Å². The Morgan fingerprint density at radius 1 is 0.902 bits per heavy atom. The molecular formula is C32H37N3O5S. The van der Waals surface area contributed by atoms with Gasteiger partial charge in [-0.25, -0.2) is 9.52 Å². The second-order valence-electron chi connectivity index (χ2n) is 11.9. The lowest BCUT2D eigenvalue weighted by Gasteiger charge is -2.39. The van der Waals surface area contributed by atoms with E-state index >= 15 is 0 Å². The molecule has 2 aliphatic heterocycles. The largest absolute Gasteiger partial charge is 0.449 e. The Morgan fingerprint density at radius 3 is 2.20 bits per heavy atom. The summed E-state index contributed by atoms with van der Waals surface area (Å²) in [5.74, 6) is -0.669. The van der Waals surface area contributed by atoms with Crippen molar-refractivity contribution in [3.63, 3.8) is 0 Å². The van der Waals surface area contributed by atoms with Crippen molar-refractivity contribution >= 4 is 27.9 Å².